The highest BCUT2D eigenvalue weighted by molar-refractivity contribution is 7.98. The molecule has 0 saturated heterocycles. The molecule has 126 valence electrons. The zero-order valence-corrected chi connectivity index (χ0v) is 14.6. The molecule has 0 aliphatic heterocycles. The van der Waals surface area contributed by atoms with Gasteiger partial charge in [-0.1, -0.05) is 12.1 Å². The van der Waals surface area contributed by atoms with E-state index in [2.05, 4.69) is 5.32 Å². The molecule has 2 aromatic rings. The predicted octanol–water partition coefficient (Wildman–Crippen LogP) is 3.63. The average Bonchev–Trinajstić information content (AvgIpc) is 2.53. The summed E-state index contributed by atoms with van der Waals surface area (Å²) in [7, 11) is 3.92. The van der Waals surface area contributed by atoms with Crippen LogP contribution in [-0.2, 0) is 6.54 Å². The van der Waals surface area contributed by atoms with Crippen LogP contribution in [0.2, 0.25) is 0 Å². The molecular formula is C17H19N3O3S. The fourth-order valence-corrected chi connectivity index (χ4v) is 2.73. The lowest BCUT2D eigenvalue weighted by molar-refractivity contribution is -0.385. The number of thioether (sulfide) groups is 1. The van der Waals surface area contributed by atoms with Crippen LogP contribution in [0.25, 0.3) is 0 Å². The summed E-state index contributed by atoms with van der Waals surface area (Å²) in [6.45, 7) is 0.742. The third kappa shape index (κ3) is 4.56. The molecule has 0 atom stereocenters. The van der Waals surface area contributed by atoms with Crippen molar-refractivity contribution in [1.82, 2.24) is 4.90 Å². The van der Waals surface area contributed by atoms with Crippen LogP contribution in [0.5, 0.6) is 0 Å². The number of carbonyl (C=O) groups excluding carboxylic acids is 1. The lowest BCUT2D eigenvalue weighted by atomic mass is 10.1. The van der Waals surface area contributed by atoms with Crippen molar-refractivity contribution in [2.24, 2.45) is 0 Å². The molecule has 0 fully saturated rings. The van der Waals surface area contributed by atoms with Crippen LogP contribution in [0.1, 0.15) is 15.9 Å². The Hall–Kier alpha value is -2.38. The molecule has 7 heteroatoms. The van der Waals surface area contributed by atoms with E-state index in [4.69, 9.17) is 0 Å². The fourth-order valence-electron chi connectivity index (χ4n) is 2.29. The largest absolute Gasteiger partial charge is 0.322 e. The Balaban J connectivity index is 2.28. The second-order valence-electron chi connectivity index (χ2n) is 5.53. The molecule has 0 saturated carbocycles. The third-order valence-electron chi connectivity index (χ3n) is 3.33. The molecule has 0 aliphatic rings. The summed E-state index contributed by atoms with van der Waals surface area (Å²) in [5.74, 6) is -0.486. The summed E-state index contributed by atoms with van der Waals surface area (Å²) in [6, 6.07) is 12.0. The summed E-state index contributed by atoms with van der Waals surface area (Å²) in [5.41, 5.74) is 1.52. The van der Waals surface area contributed by atoms with Crippen LogP contribution in [0.15, 0.2) is 47.4 Å². The van der Waals surface area contributed by atoms with Crippen molar-refractivity contribution >= 4 is 29.0 Å². The molecule has 2 aromatic carbocycles. The molecule has 6 nitrogen and oxygen atoms in total. The number of nitro benzene ring substituents is 1. The van der Waals surface area contributed by atoms with Gasteiger partial charge in [-0.05, 0) is 50.2 Å². The highest BCUT2D eigenvalue weighted by Crippen LogP contribution is 2.25. The van der Waals surface area contributed by atoms with E-state index in [0.717, 1.165) is 17.0 Å². The minimum atomic E-state index is -0.540. The number of nitrogens with one attached hydrogen (secondary N) is 1. The molecule has 0 unspecified atom stereocenters. The Morgan fingerprint density at radius 1 is 1.25 bits per heavy atom. The molecule has 24 heavy (non-hydrogen) atoms. The summed E-state index contributed by atoms with van der Waals surface area (Å²) in [4.78, 5) is 26.0. The van der Waals surface area contributed by atoms with Gasteiger partial charge in [0.25, 0.3) is 11.6 Å². The first-order valence-corrected chi connectivity index (χ1v) is 8.50. The van der Waals surface area contributed by atoms with Gasteiger partial charge in [0.05, 0.1) is 4.92 Å². The lowest BCUT2D eigenvalue weighted by Crippen LogP contribution is -2.15. The van der Waals surface area contributed by atoms with Crippen LogP contribution >= 0.6 is 11.8 Å². The third-order valence-corrected chi connectivity index (χ3v) is 4.05. The average molecular weight is 345 g/mol. The molecular weight excluding hydrogens is 326 g/mol. The van der Waals surface area contributed by atoms with Gasteiger partial charge in [0.15, 0.2) is 0 Å². The van der Waals surface area contributed by atoms with E-state index in [9.17, 15) is 14.9 Å². The fraction of sp³-hybridized carbons (Fsp3) is 0.235. The number of nitrogens with zero attached hydrogens (tertiary/aromatic N) is 2. The normalized spacial score (nSPS) is 10.7. The first-order valence-electron chi connectivity index (χ1n) is 7.28. The molecule has 0 heterocycles. The Kier molecular flexibility index (Phi) is 5.94. The number of nitro groups is 1. The molecule has 0 radical (unpaired) electrons. The van der Waals surface area contributed by atoms with Crippen LogP contribution in [0.3, 0.4) is 0 Å². The number of rotatable bonds is 6. The van der Waals surface area contributed by atoms with Crippen molar-refractivity contribution in [3.8, 4) is 0 Å². The van der Waals surface area contributed by atoms with Gasteiger partial charge >= 0.3 is 0 Å². The summed E-state index contributed by atoms with van der Waals surface area (Å²) < 4.78 is 0. The number of anilines is 1. The van der Waals surface area contributed by atoms with Crippen molar-refractivity contribution in [2.75, 3.05) is 25.7 Å². The van der Waals surface area contributed by atoms with E-state index >= 15 is 0 Å². The van der Waals surface area contributed by atoms with Crippen LogP contribution in [0.4, 0.5) is 11.4 Å². The second kappa shape index (κ2) is 7.94. The van der Waals surface area contributed by atoms with E-state index in [0.29, 0.717) is 5.69 Å². The summed E-state index contributed by atoms with van der Waals surface area (Å²) in [6.07, 6.45) is 1.85. The Morgan fingerprint density at radius 3 is 2.62 bits per heavy atom. The van der Waals surface area contributed by atoms with Crippen LogP contribution in [0, 0.1) is 10.1 Å². The Bertz CT molecular complexity index is 762. The van der Waals surface area contributed by atoms with E-state index in [-0.39, 0.29) is 11.3 Å². The van der Waals surface area contributed by atoms with Crippen LogP contribution < -0.4 is 5.32 Å². The van der Waals surface area contributed by atoms with Gasteiger partial charge in [0.2, 0.25) is 0 Å². The Labute approximate surface area is 145 Å². The maximum Gasteiger partial charge on any atom is 0.282 e. The Morgan fingerprint density at radius 2 is 2.00 bits per heavy atom. The molecule has 0 bridgehead atoms. The quantitative estimate of drug-likeness (QED) is 0.491. The van der Waals surface area contributed by atoms with Gasteiger partial charge in [-0.3, -0.25) is 14.9 Å². The van der Waals surface area contributed by atoms with Gasteiger partial charge in [-0.2, -0.15) is 0 Å². The van der Waals surface area contributed by atoms with Gasteiger partial charge < -0.3 is 10.2 Å². The SMILES string of the molecule is CSc1ccc([N+](=O)[O-])c(C(=O)Nc2cccc(CN(C)C)c2)c1. The van der Waals surface area contributed by atoms with E-state index in [1.165, 1.54) is 17.8 Å². The van der Waals surface area contributed by atoms with Gasteiger partial charge in [-0.15, -0.1) is 11.8 Å². The monoisotopic (exact) mass is 345 g/mol. The first-order chi connectivity index (χ1) is 11.4. The maximum atomic E-state index is 12.5. The number of amides is 1. The standard InChI is InChI=1S/C17H19N3O3S/c1-19(2)11-12-5-4-6-13(9-12)18-17(21)15-10-14(24-3)7-8-16(15)20(22)23/h4-10H,11H2,1-3H3,(H,18,21). The van der Waals surface area contributed by atoms with Crippen molar-refractivity contribution < 1.29 is 9.72 Å². The zero-order chi connectivity index (χ0) is 17.7. The minimum Gasteiger partial charge on any atom is -0.322 e. The molecule has 1 N–H and O–H groups in total. The molecule has 0 aromatic heterocycles. The van der Waals surface area contributed by atoms with E-state index in [1.807, 2.05) is 43.5 Å². The van der Waals surface area contributed by atoms with E-state index < -0.39 is 10.8 Å². The molecule has 0 aliphatic carbocycles. The van der Waals surface area contributed by atoms with Crippen molar-refractivity contribution in [2.45, 2.75) is 11.4 Å². The summed E-state index contributed by atoms with van der Waals surface area (Å²) in [5, 5.41) is 13.9. The number of carbonyl (C=O) groups is 1. The number of hydrogen-bond donors (Lipinski definition) is 1. The predicted molar refractivity (Wildman–Crippen MR) is 96.7 cm³/mol. The summed E-state index contributed by atoms with van der Waals surface area (Å²) >= 11 is 1.43. The second-order valence-corrected chi connectivity index (χ2v) is 6.41. The molecule has 0 spiro atoms. The minimum absolute atomic E-state index is 0.0601. The number of hydrogen-bond acceptors (Lipinski definition) is 5. The lowest BCUT2D eigenvalue weighted by Gasteiger charge is -2.12. The first kappa shape index (κ1) is 18.0. The molecule has 2 rings (SSSR count). The molecule has 1 amide bonds. The van der Waals surface area contributed by atoms with Crippen molar-refractivity contribution in [3.05, 3.63) is 63.7 Å². The van der Waals surface area contributed by atoms with Crippen molar-refractivity contribution in [1.29, 1.82) is 0 Å². The van der Waals surface area contributed by atoms with Crippen molar-refractivity contribution in [3.63, 3.8) is 0 Å². The van der Waals surface area contributed by atoms with Crippen LogP contribution in [-0.4, -0.2) is 36.1 Å². The maximum absolute atomic E-state index is 12.5. The highest BCUT2D eigenvalue weighted by Gasteiger charge is 2.20. The van der Waals surface area contributed by atoms with Gasteiger partial charge in [0, 0.05) is 23.2 Å². The zero-order valence-electron chi connectivity index (χ0n) is 13.8. The van der Waals surface area contributed by atoms with Gasteiger partial charge in [0.1, 0.15) is 5.56 Å². The van der Waals surface area contributed by atoms with Gasteiger partial charge in [-0.25, -0.2) is 0 Å². The smallest absolute Gasteiger partial charge is 0.282 e. The highest BCUT2D eigenvalue weighted by atomic mass is 32.2. The topological polar surface area (TPSA) is 75.5 Å². The van der Waals surface area contributed by atoms with E-state index in [1.54, 1.807) is 18.2 Å². The number of benzene rings is 2.